The topological polar surface area (TPSA) is 24.9 Å². The molecule has 2 fully saturated rings. The standard InChI is InChI=1S/C15H24N2S/c1-10(2)3-8-14-17-15(11-4-5-11)13(18-14)9-16-12-6-7-12/h10-12,16H,3-9H2,1-2H3. The number of nitrogens with zero attached hydrogens (tertiary/aromatic N) is 1. The van der Waals surface area contributed by atoms with Crippen molar-refractivity contribution in [1.82, 2.24) is 10.3 Å². The van der Waals surface area contributed by atoms with Gasteiger partial charge in [0.1, 0.15) is 0 Å². The second-order valence-electron chi connectivity index (χ2n) is 6.28. The van der Waals surface area contributed by atoms with E-state index < -0.39 is 0 Å². The van der Waals surface area contributed by atoms with Gasteiger partial charge in [0.15, 0.2) is 0 Å². The lowest BCUT2D eigenvalue weighted by Crippen LogP contribution is -2.15. The lowest BCUT2D eigenvalue weighted by molar-refractivity contribution is 0.585. The first kappa shape index (κ1) is 12.6. The molecule has 1 aromatic rings. The maximum absolute atomic E-state index is 4.92. The summed E-state index contributed by atoms with van der Waals surface area (Å²) in [7, 11) is 0. The fraction of sp³-hybridized carbons (Fsp3) is 0.800. The molecule has 0 aromatic carbocycles. The minimum absolute atomic E-state index is 0.784. The summed E-state index contributed by atoms with van der Waals surface area (Å²) in [6.45, 7) is 5.66. The Morgan fingerprint density at radius 3 is 2.67 bits per heavy atom. The number of thiazole rings is 1. The van der Waals surface area contributed by atoms with E-state index in [-0.39, 0.29) is 0 Å². The van der Waals surface area contributed by atoms with Crippen molar-refractivity contribution in [1.29, 1.82) is 0 Å². The van der Waals surface area contributed by atoms with Crippen LogP contribution in [0, 0.1) is 5.92 Å². The van der Waals surface area contributed by atoms with Crippen molar-refractivity contribution >= 4 is 11.3 Å². The quantitative estimate of drug-likeness (QED) is 0.809. The molecule has 3 heteroatoms. The van der Waals surface area contributed by atoms with Crippen LogP contribution in [0.4, 0.5) is 0 Å². The highest BCUT2D eigenvalue weighted by Crippen LogP contribution is 2.43. The van der Waals surface area contributed by atoms with Gasteiger partial charge in [0.25, 0.3) is 0 Å². The van der Waals surface area contributed by atoms with Crippen LogP contribution in [0.25, 0.3) is 0 Å². The van der Waals surface area contributed by atoms with Crippen molar-refractivity contribution in [3.63, 3.8) is 0 Å². The Bertz CT molecular complexity index is 403. The van der Waals surface area contributed by atoms with Gasteiger partial charge in [-0.1, -0.05) is 13.8 Å². The average Bonchev–Trinajstić information content (AvgIpc) is 3.23. The number of hydrogen-bond acceptors (Lipinski definition) is 3. The zero-order valence-corrected chi connectivity index (χ0v) is 12.4. The van der Waals surface area contributed by atoms with Crippen LogP contribution in [-0.2, 0) is 13.0 Å². The Morgan fingerprint density at radius 2 is 2.06 bits per heavy atom. The van der Waals surface area contributed by atoms with E-state index in [2.05, 4.69) is 19.2 Å². The van der Waals surface area contributed by atoms with Crippen LogP contribution in [0.5, 0.6) is 0 Å². The Morgan fingerprint density at radius 1 is 1.28 bits per heavy atom. The molecular formula is C15H24N2S. The summed E-state index contributed by atoms with van der Waals surface area (Å²) in [5.74, 6) is 1.58. The molecule has 2 saturated carbocycles. The molecule has 2 aliphatic carbocycles. The van der Waals surface area contributed by atoms with Crippen molar-refractivity contribution in [3.8, 4) is 0 Å². The van der Waals surface area contributed by atoms with Crippen molar-refractivity contribution in [3.05, 3.63) is 15.6 Å². The van der Waals surface area contributed by atoms with E-state index in [0.717, 1.165) is 24.4 Å². The van der Waals surface area contributed by atoms with Crippen LogP contribution in [0.3, 0.4) is 0 Å². The first-order chi connectivity index (χ1) is 8.72. The summed E-state index contributed by atoms with van der Waals surface area (Å²) in [5.41, 5.74) is 1.44. The number of aromatic nitrogens is 1. The summed E-state index contributed by atoms with van der Waals surface area (Å²) in [6.07, 6.45) is 7.92. The SMILES string of the molecule is CC(C)CCc1nc(C2CC2)c(CNC2CC2)s1. The molecular weight excluding hydrogens is 240 g/mol. The molecule has 0 bridgehead atoms. The smallest absolute Gasteiger partial charge is 0.0931 e. The monoisotopic (exact) mass is 264 g/mol. The van der Waals surface area contributed by atoms with Gasteiger partial charge >= 0.3 is 0 Å². The van der Waals surface area contributed by atoms with Crippen LogP contribution in [0.1, 0.15) is 67.4 Å². The molecule has 1 aromatic heterocycles. The van der Waals surface area contributed by atoms with Crippen molar-refractivity contribution in [2.75, 3.05) is 0 Å². The van der Waals surface area contributed by atoms with Crippen molar-refractivity contribution in [2.24, 2.45) is 5.92 Å². The lowest BCUT2D eigenvalue weighted by atomic mass is 10.1. The number of nitrogens with one attached hydrogen (secondary N) is 1. The van der Waals surface area contributed by atoms with E-state index in [1.165, 1.54) is 54.1 Å². The Kier molecular flexibility index (Phi) is 3.71. The molecule has 18 heavy (non-hydrogen) atoms. The Labute approximate surface area is 114 Å². The third-order valence-corrected chi connectivity index (χ3v) is 4.93. The van der Waals surface area contributed by atoms with Crippen LogP contribution >= 0.6 is 11.3 Å². The fourth-order valence-electron chi connectivity index (χ4n) is 2.26. The largest absolute Gasteiger partial charge is 0.309 e. The third kappa shape index (κ3) is 3.33. The zero-order chi connectivity index (χ0) is 12.5. The van der Waals surface area contributed by atoms with Gasteiger partial charge in [-0.3, -0.25) is 0 Å². The Hall–Kier alpha value is -0.410. The number of rotatable bonds is 7. The van der Waals surface area contributed by atoms with E-state index in [1.54, 1.807) is 0 Å². The highest BCUT2D eigenvalue weighted by molar-refractivity contribution is 7.11. The molecule has 0 radical (unpaired) electrons. The van der Waals surface area contributed by atoms with E-state index in [1.807, 2.05) is 11.3 Å². The van der Waals surface area contributed by atoms with Crippen LogP contribution in [0.15, 0.2) is 0 Å². The molecule has 0 unspecified atom stereocenters. The zero-order valence-electron chi connectivity index (χ0n) is 11.5. The maximum atomic E-state index is 4.92. The summed E-state index contributed by atoms with van der Waals surface area (Å²) in [6, 6.07) is 0.804. The lowest BCUT2D eigenvalue weighted by Gasteiger charge is -2.01. The second kappa shape index (κ2) is 5.30. The molecule has 3 rings (SSSR count). The molecule has 0 atom stereocenters. The molecule has 1 heterocycles. The highest BCUT2D eigenvalue weighted by atomic mass is 32.1. The molecule has 2 nitrogen and oxygen atoms in total. The highest BCUT2D eigenvalue weighted by Gasteiger charge is 2.30. The molecule has 2 aliphatic rings. The summed E-state index contributed by atoms with van der Waals surface area (Å²) < 4.78 is 0. The van der Waals surface area contributed by atoms with Crippen molar-refractivity contribution in [2.45, 2.75) is 70.9 Å². The molecule has 0 amide bonds. The molecule has 0 spiro atoms. The van der Waals surface area contributed by atoms with Gasteiger partial charge in [-0.25, -0.2) is 4.98 Å². The minimum Gasteiger partial charge on any atom is -0.309 e. The van der Waals surface area contributed by atoms with Crippen LogP contribution in [-0.4, -0.2) is 11.0 Å². The molecule has 0 aliphatic heterocycles. The van der Waals surface area contributed by atoms with Gasteiger partial charge in [0, 0.05) is 23.4 Å². The minimum atomic E-state index is 0.784. The van der Waals surface area contributed by atoms with E-state index in [9.17, 15) is 0 Å². The second-order valence-corrected chi connectivity index (χ2v) is 7.45. The predicted molar refractivity (Wildman–Crippen MR) is 77.1 cm³/mol. The molecule has 0 saturated heterocycles. The fourth-order valence-corrected chi connectivity index (χ4v) is 3.38. The summed E-state index contributed by atoms with van der Waals surface area (Å²) in [5, 5.41) is 5.02. The normalized spacial score (nSPS) is 19.7. The first-order valence-corrected chi connectivity index (χ1v) is 8.26. The average molecular weight is 264 g/mol. The first-order valence-electron chi connectivity index (χ1n) is 7.44. The summed E-state index contributed by atoms with van der Waals surface area (Å²) >= 11 is 1.97. The number of hydrogen-bond donors (Lipinski definition) is 1. The third-order valence-electron chi connectivity index (χ3n) is 3.80. The van der Waals surface area contributed by atoms with Gasteiger partial charge in [0.05, 0.1) is 10.7 Å². The van der Waals surface area contributed by atoms with Gasteiger partial charge in [-0.2, -0.15) is 0 Å². The van der Waals surface area contributed by atoms with Crippen LogP contribution < -0.4 is 5.32 Å². The van der Waals surface area contributed by atoms with E-state index in [0.29, 0.717) is 0 Å². The number of aryl methyl sites for hydroxylation is 1. The van der Waals surface area contributed by atoms with Crippen LogP contribution in [0.2, 0.25) is 0 Å². The van der Waals surface area contributed by atoms with Gasteiger partial charge in [0.2, 0.25) is 0 Å². The van der Waals surface area contributed by atoms with E-state index >= 15 is 0 Å². The van der Waals surface area contributed by atoms with E-state index in [4.69, 9.17) is 4.98 Å². The Balaban J connectivity index is 1.64. The summed E-state index contributed by atoms with van der Waals surface area (Å²) in [4.78, 5) is 6.45. The predicted octanol–water partition coefficient (Wildman–Crippen LogP) is 3.86. The van der Waals surface area contributed by atoms with Crippen molar-refractivity contribution < 1.29 is 0 Å². The van der Waals surface area contributed by atoms with Gasteiger partial charge in [-0.05, 0) is 44.4 Å². The van der Waals surface area contributed by atoms with Gasteiger partial charge in [-0.15, -0.1) is 11.3 Å². The molecule has 1 N–H and O–H groups in total. The van der Waals surface area contributed by atoms with Gasteiger partial charge < -0.3 is 5.32 Å². The molecule has 100 valence electrons. The maximum Gasteiger partial charge on any atom is 0.0931 e.